The zero-order valence-electron chi connectivity index (χ0n) is 26.4. The molecule has 236 valence electrons. The van der Waals surface area contributed by atoms with Crippen LogP contribution in [0.3, 0.4) is 0 Å². The van der Waals surface area contributed by atoms with E-state index in [0.717, 1.165) is 74.1 Å². The van der Waals surface area contributed by atoms with E-state index < -0.39 is 5.60 Å². The summed E-state index contributed by atoms with van der Waals surface area (Å²) in [6, 6.07) is 46.6. The molecule has 2 heterocycles. The van der Waals surface area contributed by atoms with Crippen LogP contribution in [0, 0.1) is 0 Å². The maximum absolute atomic E-state index is 11.1. The summed E-state index contributed by atoms with van der Waals surface area (Å²) in [4.78, 5) is 2.41. The molecule has 0 aromatic heterocycles. The first-order valence-corrected chi connectivity index (χ1v) is 16.5. The van der Waals surface area contributed by atoms with Gasteiger partial charge in [0.1, 0.15) is 23.0 Å². The van der Waals surface area contributed by atoms with Crippen molar-refractivity contribution in [3.05, 3.63) is 156 Å². The molecule has 2 fully saturated rings. The van der Waals surface area contributed by atoms with Crippen LogP contribution in [0.2, 0.25) is 0 Å². The Morgan fingerprint density at radius 3 is 1.57 bits per heavy atom. The van der Waals surface area contributed by atoms with Crippen molar-refractivity contribution < 1.29 is 14.6 Å². The van der Waals surface area contributed by atoms with E-state index in [9.17, 15) is 5.11 Å². The number of ether oxygens (including phenoxy) is 2. The summed E-state index contributed by atoms with van der Waals surface area (Å²) < 4.78 is 11.7. The molecular weight excluding hydrogens is 568 g/mol. The van der Waals surface area contributed by atoms with Crippen molar-refractivity contribution in [3.63, 3.8) is 0 Å². The van der Waals surface area contributed by atoms with Crippen LogP contribution >= 0.6 is 0 Å². The molecule has 2 N–H and O–H groups in total. The van der Waals surface area contributed by atoms with Gasteiger partial charge in [-0.2, -0.15) is 0 Å². The van der Waals surface area contributed by atoms with Gasteiger partial charge in [0.2, 0.25) is 0 Å². The Morgan fingerprint density at radius 1 is 0.587 bits per heavy atom. The molecule has 0 amide bonds. The SMILES string of the molecule is OC1(c2ccc(Oc3ccccc3)cc2)CCN(Cc2ccccc2)CC1.c1ccc(Oc2ccc(C3CCNCC3)cc2)cc1. The van der Waals surface area contributed by atoms with E-state index in [1.54, 1.807) is 0 Å². The van der Waals surface area contributed by atoms with Crippen LogP contribution < -0.4 is 14.8 Å². The molecule has 0 bridgehead atoms. The van der Waals surface area contributed by atoms with Gasteiger partial charge in [-0.3, -0.25) is 4.90 Å². The largest absolute Gasteiger partial charge is 0.457 e. The number of aliphatic hydroxyl groups is 1. The summed E-state index contributed by atoms with van der Waals surface area (Å²) in [5.74, 6) is 4.10. The minimum Gasteiger partial charge on any atom is -0.457 e. The summed E-state index contributed by atoms with van der Waals surface area (Å²) >= 11 is 0. The lowest BCUT2D eigenvalue weighted by molar-refractivity contribution is -0.0277. The van der Waals surface area contributed by atoms with E-state index in [4.69, 9.17) is 9.47 Å². The van der Waals surface area contributed by atoms with Gasteiger partial charge in [0.05, 0.1) is 5.60 Å². The Bertz CT molecular complexity index is 1580. The molecule has 2 saturated heterocycles. The average molecular weight is 613 g/mol. The third-order valence-electron chi connectivity index (χ3n) is 8.97. The molecule has 0 saturated carbocycles. The second-order valence-corrected chi connectivity index (χ2v) is 12.2. The molecule has 5 nitrogen and oxygen atoms in total. The van der Waals surface area contributed by atoms with E-state index in [-0.39, 0.29) is 0 Å². The maximum Gasteiger partial charge on any atom is 0.127 e. The Morgan fingerprint density at radius 2 is 1.04 bits per heavy atom. The highest BCUT2D eigenvalue weighted by Gasteiger charge is 2.33. The average Bonchev–Trinajstić information content (AvgIpc) is 3.12. The van der Waals surface area contributed by atoms with Crippen LogP contribution in [0.25, 0.3) is 0 Å². The van der Waals surface area contributed by atoms with Gasteiger partial charge in [-0.25, -0.2) is 0 Å². The second kappa shape index (κ2) is 15.7. The number of likely N-dealkylation sites (tertiary alicyclic amines) is 1. The molecular formula is C41H44N2O3. The monoisotopic (exact) mass is 612 g/mol. The number of nitrogens with one attached hydrogen (secondary N) is 1. The molecule has 0 unspecified atom stereocenters. The van der Waals surface area contributed by atoms with Crippen molar-refractivity contribution in [2.75, 3.05) is 26.2 Å². The minimum absolute atomic E-state index is 0.701. The first-order valence-electron chi connectivity index (χ1n) is 16.5. The topological polar surface area (TPSA) is 54.0 Å². The molecule has 0 atom stereocenters. The van der Waals surface area contributed by atoms with E-state index in [1.807, 2.05) is 91.0 Å². The van der Waals surface area contributed by atoms with Crippen molar-refractivity contribution in [3.8, 4) is 23.0 Å². The van der Waals surface area contributed by atoms with Crippen molar-refractivity contribution in [2.45, 2.75) is 43.7 Å². The van der Waals surface area contributed by atoms with Crippen molar-refractivity contribution >= 4 is 0 Å². The molecule has 2 aliphatic heterocycles. The Balaban J connectivity index is 0.000000172. The molecule has 46 heavy (non-hydrogen) atoms. The zero-order chi connectivity index (χ0) is 31.4. The third kappa shape index (κ3) is 8.85. The first-order chi connectivity index (χ1) is 22.6. The Labute approximate surface area is 273 Å². The highest BCUT2D eigenvalue weighted by molar-refractivity contribution is 5.36. The first kappa shape index (κ1) is 31.6. The fourth-order valence-electron chi connectivity index (χ4n) is 6.26. The van der Waals surface area contributed by atoms with Crippen LogP contribution in [0.15, 0.2) is 140 Å². The van der Waals surface area contributed by atoms with Crippen LogP contribution in [0.1, 0.15) is 48.3 Å². The number of piperidine rings is 2. The summed E-state index contributed by atoms with van der Waals surface area (Å²) in [6.45, 7) is 5.00. The van der Waals surface area contributed by atoms with Gasteiger partial charge in [-0.15, -0.1) is 0 Å². The van der Waals surface area contributed by atoms with Crippen LogP contribution in [-0.2, 0) is 12.1 Å². The van der Waals surface area contributed by atoms with Gasteiger partial charge >= 0.3 is 0 Å². The highest BCUT2D eigenvalue weighted by Crippen LogP contribution is 2.35. The van der Waals surface area contributed by atoms with Gasteiger partial charge in [-0.05, 0) is 110 Å². The predicted octanol–water partition coefficient (Wildman–Crippen LogP) is 8.91. The van der Waals surface area contributed by atoms with Gasteiger partial charge < -0.3 is 19.9 Å². The van der Waals surface area contributed by atoms with Crippen molar-refractivity contribution in [2.24, 2.45) is 0 Å². The van der Waals surface area contributed by atoms with Crippen LogP contribution in [-0.4, -0.2) is 36.2 Å². The summed E-state index contributed by atoms with van der Waals surface area (Å²) in [6.07, 6.45) is 3.97. The number of para-hydroxylation sites is 2. The van der Waals surface area contributed by atoms with Gasteiger partial charge in [-0.1, -0.05) is 91.0 Å². The maximum atomic E-state index is 11.1. The normalized spacial score (nSPS) is 16.5. The Hall–Kier alpha value is -4.42. The van der Waals surface area contributed by atoms with Gasteiger partial charge in [0.15, 0.2) is 0 Å². The number of rotatable bonds is 8. The molecule has 0 radical (unpaired) electrons. The molecule has 5 aromatic carbocycles. The van der Waals surface area contributed by atoms with Crippen molar-refractivity contribution in [1.29, 1.82) is 0 Å². The van der Waals surface area contributed by atoms with Crippen LogP contribution in [0.4, 0.5) is 0 Å². The molecule has 2 aliphatic rings. The minimum atomic E-state index is -0.752. The molecule has 0 spiro atoms. The lowest BCUT2D eigenvalue weighted by atomic mass is 9.84. The third-order valence-corrected chi connectivity index (χ3v) is 8.97. The standard InChI is InChI=1S/C24H25NO2.C17H19NO/c26-24(15-17-25(18-16-24)19-20-7-3-1-4-8-20)21-11-13-23(14-12-21)27-22-9-5-2-6-10-22;1-2-4-16(5-3-1)19-17-8-6-14(7-9-17)15-10-12-18-13-11-15/h1-14,26H,15-19H2;1-9,15,18H,10-13H2. The fraction of sp³-hybridized carbons (Fsp3) is 0.268. The van der Waals surface area contributed by atoms with Crippen LogP contribution in [0.5, 0.6) is 23.0 Å². The van der Waals surface area contributed by atoms with E-state index >= 15 is 0 Å². The lowest BCUT2D eigenvalue weighted by Gasteiger charge is -2.38. The van der Waals surface area contributed by atoms with E-state index in [2.05, 4.69) is 58.7 Å². The van der Waals surface area contributed by atoms with E-state index in [1.165, 1.54) is 24.0 Å². The fourth-order valence-corrected chi connectivity index (χ4v) is 6.26. The molecule has 5 aromatic rings. The summed E-state index contributed by atoms with van der Waals surface area (Å²) in [7, 11) is 0. The number of hydrogen-bond donors (Lipinski definition) is 2. The molecule has 7 rings (SSSR count). The lowest BCUT2D eigenvalue weighted by Crippen LogP contribution is -2.42. The molecule has 5 heteroatoms. The van der Waals surface area contributed by atoms with Crippen molar-refractivity contribution in [1.82, 2.24) is 10.2 Å². The predicted molar refractivity (Wildman–Crippen MR) is 186 cm³/mol. The van der Waals surface area contributed by atoms with E-state index in [0.29, 0.717) is 5.92 Å². The number of hydrogen-bond acceptors (Lipinski definition) is 5. The smallest absolute Gasteiger partial charge is 0.127 e. The van der Waals surface area contributed by atoms with Gasteiger partial charge in [0.25, 0.3) is 0 Å². The number of benzene rings is 5. The zero-order valence-corrected chi connectivity index (χ0v) is 26.4. The quantitative estimate of drug-likeness (QED) is 0.183. The summed E-state index contributed by atoms with van der Waals surface area (Å²) in [5, 5.41) is 14.5. The second-order valence-electron chi connectivity index (χ2n) is 12.2. The molecule has 0 aliphatic carbocycles. The van der Waals surface area contributed by atoms with Gasteiger partial charge in [0, 0.05) is 19.6 Å². The highest BCUT2D eigenvalue weighted by atomic mass is 16.5. The Kier molecular flexibility index (Phi) is 10.8. The summed E-state index contributed by atoms with van der Waals surface area (Å²) in [5.41, 5.74) is 2.98. The number of nitrogens with zero attached hydrogens (tertiary/aromatic N) is 1.